The smallest absolute Gasteiger partial charge is 0.153 e. The molecule has 20 heavy (non-hydrogen) atoms. The van der Waals surface area contributed by atoms with Crippen molar-refractivity contribution in [1.82, 2.24) is 14.8 Å². The molecule has 6 heteroatoms. The second-order valence-electron chi connectivity index (χ2n) is 4.54. The number of rotatable bonds is 2. The molecule has 0 bridgehead atoms. The van der Waals surface area contributed by atoms with Crippen LogP contribution in [0.2, 0.25) is 0 Å². The summed E-state index contributed by atoms with van der Waals surface area (Å²) in [5.41, 5.74) is 8.28. The van der Waals surface area contributed by atoms with Crippen molar-refractivity contribution in [3.63, 3.8) is 0 Å². The highest BCUT2D eigenvalue weighted by atomic mass is 79.9. The van der Waals surface area contributed by atoms with E-state index in [1.54, 1.807) is 17.1 Å². The first-order valence-corrected chi connectivity index (χ1v) is 6.88. The quantitative estimate of drug-likeness (QED) is 0.779. The summed E-state index contributed by atoms with van der Waals surface area (Å²) in [7, 11) is 0. The van der Waals surface area contributed by atoms with Crippen LogP contribution in [0.25, 0.3) is 17.1 Å². The number of nitrogens with zero attached hydrogens (tertiary/aromatic N) is 3. The van der Waals surface area contributed by atoms with Gasteiger partial charge < -0.3 is 10.2 Å². The average Bonchev–Trinajstić information content (AvgIpc) is 2.93. The molecule has 0 aliphatic heterocycles. The van der Waals surface area contributed by atoms with Gasteiger partial charge in [0.05, 0.1) is 11.9 Å². The van der Waals surface area contributed by atoms with Gasteiger partial charge in [-0.25, -0.2) is 9.67 Å². The molecule has 3 aromatic rings. The minimum atomic E-state index is 0.596. The zero-order chi connectivity index (χ0) is 14.3. The van der Waals surface area contributed by atoms with Crippen LogP contribution in [-0.4, -0.2) is 14.8 Å². The molecule has 5 nitrogen and oxygen atoms in total. The summed E-state index contributed by atoms with van der Waals surface area (Å²) in [6.45, 7) is 3.80. The number of pyridine rings is 1. The Balaban J connectivity index is 2.07. The zero-order valence-corrected chi connectivity index (χ0v) is 12.7. The second kappa shape index (κ2) is 4.79. The molecule has 0 aliphatic carbocycles. The van der Waals surface area contributed by atoms with E-state index in [0.29, 0.717) is 17.2 Å². The maximum absolute atomic E-state index is 6.06. The van der Waals surface area contributed by atoms with Crippen LogP contribution in [0.1, 0.15) is 11.5 Å². The van der Waals surface area contributed by atoms with Crippen LogP contribution < -0.4 is 5.73 Å². The van der Waals surface area contributed by atoms with Gasteiger partial charge in [-0.2, -0.15) is 5.10 Å². The van der Waals surface area contributed by atoms with Gasteiger partial charge in [0.15, 0.2) is 5.82 Å². The summed E-state index contributed by atoms with van der Waals surface area (Å²) >= 11 is 3.36. The maximum Gasteiger partial charge on any atom is 0.153 e. The van der Waals surface area contributed by atoms with Gasteiger partial charge in [-0.15, -0.1) is 0 Å². The van der Waals surface area contributed by atoms with Crippen molar-refractivity contribution in [3.05, 3.63) is 46.6 Å². The van der Waals surface area contributed by atoms with Crippen molar-refractivity contribution in [3.8, 4) is 17.1 Å². The van der Waals surface area contributed by atoms with Gasteiger partial charge in [0.2, 0.25) is 0 Å². The van der Waals surface area contributed by atoms with Crippen molar-refractivity contribution in [2.24, 2.45) is 0 Å². The number of nitrogens with two attached hydrogens (primary N) is 1. The van der Waals surface area contributed by atoms with Crippen LogP contribution in [0, 0.1) is 13.8 Å². The predicted molar refractivity (Wildman–Crippen MR) is 80.6 cm³/mol. The van der Waals surface area contributed by atoms with Crippen molar-refractivity contribution in [1.29, 1.82) is 0 Å². The first-order valence-electron chi connectivity index (χ1n) is 6.09. The van der Waals surface area contributed by atoms with Crippen LogP contribution in [0.15, 0.2) is 39.5 Å². The van der Waals surface area contributed by atoms with E-state index in [-0.39, 0.29) is 0 Å². The summed E-state index contributed by atoms with van der Waals surface area (Å²) in [4.78, 5) is 4.30. The second-order valence-corrected chi connectivity index (χ2v) is 5.45. The normalized spacial score (nSPS) is 10.9. The maximum atomic E-state index is 6.06. The number of hydrogen-bond acceptors (Lipinski definition) is 4. The van der Waals surface area contributed by atoms with Gasteiger partial charge in [0, 0.05) is 16.2 Å². The first-order chi connectivity index (χ1) is 9.54. The van der Waals surface area contributed by atoms with Crippen LogP contribution in [-0.2, 0) is 0 Å². The number of aryl methyl sites for hydroxylation is 2. The average molecular weight is 333 g/mol. The highest BCUT2D eigenvalue weighted by molar-refractivity contribution is 9.10. The molecular weight excluding hydrogens is 320 g/mol. The molecule has 0 unspecified atom stereocenters. The van der Waals surface area contributed by atoms with Crippen molar-refractivity contribution < 1.29 is 4.42 Å². The third kappa shape index (κ3) is 2.22. The van der Waals surface area contributed by atoms with E-state index in [4.69, 9.17) is 10.2 Å². The molecule has 0 saturated carbocycles. The Hall–Kier alpha value is -2.08. The van der Waals surface area contributed by atoms with Gasteiger partial charge in [0.1, 0.15) is 17.2 Å². The highest BCUT2D eigenvalue weighted by Gasteiger charge is 2.15. The fourth-order valence-electron chi connectivity index (χ4n) is 2.08. The molecular formula is C14H13BrN4O. The SMILES string of the molecule is Cc1cc(-c2nn(-c3ccc(Br)cn3)cc2N)c(C)o1. The number of hydrogen-bond donors (Lipinski definition) is 1. The lowest BCUT2D eigenvalue weighted by Gasteiger charge is -1.99. The van der Waals surface area contributed by atoms with Gasteiger partial charge in [-0.05, 0) is 48.0 Å². The van der Waals surface area contributed by atoms with E-state index in [1.807, 2.05) is 32.0 Å². The summed E-state index contributed by atoms with van der Waals surface area (Å²) < 4.78 is 8.11. The number of nitrogen functional groups attached to an aromatic ring is 1. The Morgan fingerprint density at radius 2 is 2.10 bits per heavy atom. The molecule has 0 fully saturated rings. The molecule has 2 N–H and O–H groups in total. The van der Waals surface area contributed by atoms with Gasteiger partial charge >= 0.3 is 0 Å². The summed E-state index contributed by atoms with van der Waals surface area (Å²) in [5.74, 6) is 2.36. The van der Waals surface area contributed by atoms with E-state index in [0.717, 1.165) is 21.6 Å². The Labute approximate surface area is 124 Å². The van der Waals surface area contributed by atoms with E-state index in [2.05, 4.69) is 26.0 Å². The molecule has 102 valence electrons. The summed E-state index contributed by atoms with van der Waals surface area (Å²) in [5, 5.41) is 4.51. The molecule has 0 saturated heterocycles. The Bertz CT molecular complexity index is 758. The first kappa shape index (κ1) is 12.9. The standard InChI is InChI=1S/C14H13BrN4O/c1-8-5-11(9(2)20-8)14-12(16)7-19(18-14)13-4-3-10(15)6-17-13/h3-7H,16H2,1-2H3. The minimum Gasteiger partial charge on any atom is -0.466 e. The summed E-state index contributed by atoms with van der Waals surface area (Å²) in [6, 6.07) is 5.72. The van der Waals surface area contributed by atoms with Crippen LogP contribution >= 0.6 is 15.9 Å². The Kier molecular flexibility index (Phi) is 3.10. The fraction of sp³-hybridized carbons (Fsp3) is 0.143. The molecule has 0 aliphatic rings. The largest absolute Gasteiger partial charge is 0.466 e. The lowest BCUT2D eigenvalue weighted by molar-refractivity contribution is 0.505. The third-order valence-electron chi connectivity index (χ3n) is 2.99. The predicted octanol–water partition coefficient (Wildman–Crippen LogP) is 3.49. The lowest BCUT2D eigenvalue weighted by Crippen LogP contribution is -1.97. The van der Waals surface area contributed by atoms with Gasteiger partial charge in [0.25, 0.3) is 0 Å². The summed E-state index contributed by atoms with van der Waals surface area (Å²) in [6.07, 6.45) is 3.48. The molecule has 0 spiro atoms. The topological polar surface area (TPSA) is 69.9 Å². The molecule has 0 atom stereocenters. The highest BCUT2D eigenvalue weighted by Crippen LogP contribution is 2.30. The van der Waals surface area contributed by atoms with Crippen molar-refractivity contribution in [2.45, 2.75) is 13.8 Å². The van der Waals surface area contributed by atoms with E-state index in [1.165, 1.54) is 0 Å². The number of aromatic nitrogens is 3. The van der Waals surface area contributed by atoms with E-state index >= 15 is 0 Å². The van der Waals surface area contributed by atoms with E-state index < -0.39 is 0 Å². The number of halogens is 1. The molecule has 3 heterocycles. The minimum absolute atomic E-state index is 0.596. The Morgan fingerprint density at radius 1 is 1.30 bits per heavy atom. The molecule has 0 amide bonds. The molecule has 3 aromatic heterocycles. The van der Waals surface area contributed by atoms with E-state index in [9.17, 15) is 0 Å². The Morgan fingerprint density at radius 3 is 2.70 bits per heavy atom. The molecule has 0 radical (unpaired) electrons. The van der Waals surface area contributed by atoms with Crippen molar-refractivity contribution >= 4 is 21.6 Å². The molecule has 0 aromatic carbocycles. The van der Waals surface area contributed by atoms with Gasteiger partial charge in [-0.1, -0.05) is 0 Å². The number of furan rings is 1. The lowest BCUT2D eigenvalue weighted by atomic mass is 10.1. The van der Waals surface area contributed by atoms with Crippen LogP contribution in [0.3, 0.4) is 0 Å². The third-order valence-corrected chi connectivity index (χ3v) is 3.45. The van der Waals surface area contributed by atoms with Gasteiger partial charge in [-0.3, -0.25) is 0 Å². The fourth-order valence-corrected chi connectivity index (χ4v) is 2.32. The van der Waals surface area contributed by atoms with Crippen LogP contribution in [0.4, 0.5) is 5.69 Å². The number of anilines is 1. The van der Waals surface area contributed by atoms with Crippen molar-refractivity contribution in [2.75, 3.05) is 5.73 Å². The molecule has 3 rings (SSSR count). The van der Waals surface area contributed by atoms with Crippen LogP contribution in [0.5, 0.6) is 0 Å². The zero-order valence-electron chi connectivity index (χ0n) is 11.1. The monoisotopic (exact) mass is 332 g/mol.